The number of benzene rings is 1. The summed E-state index contributed by atoms with van der Waals surface area (Å²) in [6.45, 7) is 4.21. The van der Waals surface area contributed by atoms with E-state index in [9.17, 15) is 14.7 Å². The summed E-state index contributed by atoms with van der Waals surface area (Å²) in [7, 11) is 0. The molecule has 0 bridgehead atoms. The van der Waals surface area contributed by atoms with E-state index in [1.807, 2.05) is 29.8 Å². The van der Waals surface area contributed by atoms with Crippen molar-refractivity contribution in [2.24, 2.45) is 5.92 Å². The molecule has 0 spiro atoms. The smallest absolute Gasteiger partial charge is 0.336 e. The van der Waals surface area contributed by atoms with Gasteiger partial charge in [-0.25, -0.2) is 14.5 Å². The summed E-state index contributed by atoms with van der Waals surface area (Å²) < 4.78 is 1.88. The fourth-order valence-corrected chi connectivity index (χ4v) is 5.08. The Bertz CT molecular complexity index is 1180. The number of nitrogens with zero attached hydrogens (tertiary/aromatic N) is 4. The zero-order chi connectivity index (χ0) is 25.5. The van der Waals surface area contributed by atoms with Crippen LogP contribution in [-0.4, -0.2) is 36.6 Å². The Labute approximate surface area is 213 Å². The van der Waals surface area contributed by atoms with Gasteiger partial charge in [0.2, 0.25) is 11.6 Å². The second kappa shape index (κ2) is 12.1. The van der Waals surface area contributed by atoms with Crippen LogP contribution in [0.5, 0.6) is 0 Å². The van der Waals surface area contributed by atoms with E-state index in [1.165, 1.54) is 19.3 Å². The van der Waals surface area contributed by atoms with Gasteiger partial charge in [0, 0.05) is 24.6 Å². The summed E-state index contributed by atoms with van der Waals surface area (Å²) in [5.41, 5.74) is 2.34. The number of hydrogen-bond acceptors (Lipinski definition) is 5. The lowest BCUT2D eigenvalue weighted by molar-refractivity contribution is 0.0697. The Hall–Kier alpha value is -3.35. The summed E-state index contributed by atoms with van der Waals surface area (Å²) >= 11 is 0. The van der Waals surface area contributed by atoms with Crippen LogP contribution in [0.15, 0.2) is 42.6 Å². The van der Waals surface area contributed by atoms with Gasteiger partial charge in [-0.2, -0.15) is 0 Å². The molecule has 7 nitrogen and oxygen atoms in total. The molecule has 1 aromatic carbocycles. The van der Waals surface area contributed by atoms with E-state index < -0.39 is 5.97 Å². The Morgan fingerprint density at radius 3 is 2.56 bits per heavy atom. The number of pyridine rings is 1. The standard InChI is InChI=1S/C29H36N4O3/c1-3-4-6-15-27-31-28(26(34)18-21-11-7-5-8-12-21)32-33(27)20(2)22-16-17-25(30-19-22)23-13-9-10-14-24(23)29(35)36/h9-10,13-14,16-17,19-21H,3-8,11-12,15,18H2,1-2H3,(H,35,36). The lowest BCUT2D eigenvalue weighted by Crippen LogP contribution is -2.15. The highest BCUT2D eigenvalue weighted by Gasteiger charge is 2.24. The van der Waals surface area contributed by atoms with Gasteiger partial charge in [-0.3, -0.25) is 9.78 Å². The maximum atomic E-state index is 13.1. The molecule has 1 N–H and O–H groups in total. The second-order valence-corrected chi connectivity index (χ2v) is 9.89. The molecule has 2 heterocycles. The Morgan fingerprint density at radius 2 is 1.86 bits per heavy atom. The first-order valence-electron chi connectivity index (χ1n) is 13.2. The molecule has 0 aliphatic heterocycles. The van der Waals surface area contributed by atoms with Crippen LogP contribution in [0.1, 0.15) is 110 Å². The summed E-state index contributed by atoms with van der Waals surface area (Å²) in [5.74, 6) is 0.685. The topological polar surface area (TPSA) is 98.0 Å². The maximum absolute atomic E-state index is 13.1. The molecule has 1 atom stereocenters. The van der Waals surface area contributed by atoms with Gasteiger partial charge in [0.15, 0.2) is 0 Å². The van der Waals surface area contributed by atoms with Crippen molar-refractivity contribution in [2.75, 3.05) is 0 Å². The largest absolute Gasteiger partial charge is 0.478 e. The number of carboxylic acids is 1. The van der Waals surface area contributed by atoms with E-state index in [2.05, 4.69) is 11.9 Å². The maximum Gasteiger partial charge on any atom is 0.336 e. The lowest BCUT2D eigenvalue weighted by atomic mass is 9.86. The molecule has 4 rings (SSSR count). The molecule has 1 aliphatic rings. The van der Waals surface area contributed by atoms with Crippen LogP contribution >= 0.6 is 0 Å². The van der Waals surface area contributed by atoms with Gasteiger partial charge in [-0.1, -0.05) is 76.1 Å². The third-order valence-electron chi connectivity index (χ3n) is 7.22. The van der Waals surface area contributed by atoms with Gasteiger partial charge in [0.1, 0.15) is 5.82 Å². The predicted molar refractivity (Wildman–Crippen MR) is 139 cm³/mol. The van der Waals surface area contributed by atoms with Crippen molar-refractivity contribution < 1.29 is 14.7 Å². The van der Waals surface area contributed by atoms with Crippen molar-refractivity contribution in [3.63, 3.8) is 0 Å². The minimum atomic E-state index is -0.977. The molecule has 1 aliphatic carbocycles. The summed E-state index contributed by atoms with van der Waals surface area (Å²) in [6.07, 6.45) is 12.2. The third-order valence-corrected chi connectivity index (χ3v) is 7.22. The van der Waals surface area contributed by atoms with Crippen LogP contribution < -0.4 is 0 Å². The van der Waals surface area contributed by atoms with Crippen molar-refractivity contribution in [1.82, 2.24) is 19.7 Å². The van der Waals surface area contributed by atoms with Crippen LogP contribution in [0.25, 0.3) is 11.3 Å². The first-order chi connectivity index (χ1) is 17.5. The van der Waals surface area contributed by atoms with Gasteiger partial charge >= 0.3 is 5.97 Å². The highest BCUT2D eigenvalue weighted by molar-refractivity contribution is 5.95. The average molecular weight is 489 g/mol. The zero-order valence-corrected chi connectivity index (χ0v) is 21.3. The quantitative estimate of drug-likeness (QED) is 0.243. The van der Waals surface area contributed by atoms with Crippen LogP contribution in [0.2, 0.25) is 0 Å². The number of Topliss-reactive ketones (excluding diaryl/α,β-unsaturated/α-hetero) is 1. The summed E-state index contributed by atoms with van der Waals surface area (Å²) in [6, 6.07) is 10.5. The zero-order valence-electron chi connectivity index (χ0n) is 21.3. The number of carboxylic acid groups (broad SMARTS) is 1. The van der Waals surface area contributed by atoms with Gasteiger partial charge < -0.3 is 5.11 Å². The molecule has 1 fully saturated rings. The molecule has 3 aromatic rings. The number of ketones is 1. The van der Waals surface area contributed by atoms with Gasteiger partial charge in [0.05, 0.1) is 17.3 Å². The number of aromatic nitrogens is 4. The highest BCUT2D eigenvalue weighted by atomic mass is 16.4. The number of aromatic carboxylic acids is 1. The summed E-state index contributed by atoms with van der Waals surface area (Å²) in [5, 5.41) is 14.2. The first kappa shape index (κ1) is 25.7. The van der Waals surface area contributed by atoms with E-state index in [4.69, 9.17) is 10.1 Å². The minimum Gasteiger partial charge on any atom is -0.478 e. The Morgan fingerprint density at radius 1 is 1.08 bits per heavy atom. The van der Waals surface area contributed by atoms with Crippen LogP contribution in [-0.2, 0) is 6.42 Å². The number of carbonyl (C=O) groups excluding carboxylic acids is 1. The average Bonchev–Trinajstić information content (AvgIpc) is 3.33. The van der Waals surface area contributed by atoms with Crippen molar-refractivity contribution in [1.29, 1.82) is 0 Å². The molecule has 190 valence electrons. The highest BCUT2D eigenvalue weighted by Crippen LogP contribution is 2.28. The van der Waals surface area contributed by atoms with E-state index in [1.54, 1.807) is 24.4 Å². The molecule has 1 saturated carbocycles. The number of carbonyl (C=O) groups is 2. The molecule has 0 radical (unpaired) electrons. The molecule has 1 unspecified atom stereocenters. The number of unbranched alkanes of at least 4 members (excludes halogenated alkanes) is 2. The molecule has 2 aromatic heterocycles. The SMILES string of the molecule is CCCCCc1nc(C(=O)CC2CCCCC2)nn1C(C)c1ccc(-c2ccccc2C(=O)O)nc1. The monoisotopic (exact) mass is 488 g/mol. The minimum absolute atomic E-state index is 0.0448. The molecule has 0 amide bonds. The molecular formula is C29H36N4O3. The Balaban J connectivity index is 1.57. The van der Waals surface area contributed by atoms with Crippen LogP contribution in [0.4, 0.5) is 0 Å². The number of hydrogen-bond donors (Lipinski definition) is 1. The van der Waals surface area contributed by atoms with E-state index in [0.29, 0.717) is 29.4 Å². The summed E-state index contributed by atoms with van der Waals surface area (Å²) in [4.78, 5) is 33.9. The normalized spacial score (nSPS) is 15.1. The number of aryl methyl sites for hydroxylation is 1. The fraction of sp³-hybridized carbons (Fsp3) is 0.483. The van der Waals surface area contributed by atoms with Crippen molar-refractivity contribution >= 4 is 11.8 Å². The second-order valence-electron chi connectivity index (χ2n) is 9.89. The van der Waals surface area contributed by atoms with E-state index in [-0.39, 0.29) is 17.4 Å². The van der Waals surface area contributed by atoms with Gasteiger partial charge in [-0.05, 0) is 37.0 Å². The molecule has 36 heavy (non-hydrogen) atoms. The Kier molecular flexibility index (Phi) is 8.62. The van der Waals surface area contributed by atoms with Crippen LogP contribution in [0.3, 0.4) is 0 Å². The fourth-order valence-electron chi connectivity index (χ4n) is 5.08. The van der Waals surface area contributed by atoms with Gasteiger partial charge in [-0.15, -0.1) is 5.10 Å². The van der Waals surface area contributed by atoms with Crippen molar-refractivity contribution in [2.45, 2.75) is 84.1 Å². The van der Waals surface area contributed by atoms with Gasteiger partial charge in [0.25, 0.3) is 0 Å². The lowest BCUT2D eigenvalue weighted by Gasteiger charge is -2.19. The predicted octanol–water partition coefficient (Wildman–Crippen LogP) is 6.53. The molecule has 7 heteroatoms. The van der Waals surface area contributed by atoms with Crippen molar-refractivity contribution in [3.05, 3.63) is 65.4 Å². The van der Waals surface area contributed by atoms with Crippen molar-refractivity contribution in [3.8, 4) is 11.3 Å². The van der Waals surface area contributed by atoms with E-state index >= 15 is 0 Å². The molecule has 0 saturated heterocycles. The van der Waals surface area contributed by atoms with E-state index in [0.717, 1.165) is 49.9 Å². The third kappa shape index (κ3) is 6.07. The number of rotatable bonds is 11. The van der Waals surface area contributed by atoms with Crippen LogP contribution in [0, 0.1) is 5.92 Å². The molecular weight excluding hydrogens is 452 g/mol. The first-order valence-corrected chi connectivity index (χ1v) is 13.2.